The molecule has 0 radical (unpaired) electrons. The fourth-order valence-electron chi connectivity index (χ4n) is 1.53. The highest BCUT2D eigenvalue weighted by Gasteiger charge is 2.18. The first-order chi connectivity index (χ1) is 8.82. The minimum Gasteiger partial charge on any atom is -0.398 e. The third kappa shape index (κ3) is 3.92. The Hall–Kier alpha value is -2.15. The lowest BCUT2D eigenvalue weighted by atomic mass is 10.1. The van der Waals surface area contributed by atoms with E-state index in [0.29, 0.717) is 13.0 Å². The van der Waals surface area contributed by atoms with Gasteiger partial charge in [0.15, 0.2) is 0 Å². The Morgan fingerprint density at radius 3 is 2.74 bits per heavy atom. The lowest BCUT2D eigenvalue weighted by Crippen LogP contribution is -2.30. The largest absolute Gasteiger partial charge is 0.398 e. The molecule has 0 spiro atoms. The van der Waals surface area contributed by atoms with Gasteiger partial charge in [0, 0.05) is 31.4 Å². The minimum absolute atomic E-state index is 0.0993. The van der Waals surface area contributed by atoms with E-state index in [0.717, 1.165) is 6.07 Å². The van der Waals surface area contributed by atoms with Gasteiger partial charge < -0.3 is 15.7 Å². The zero-order valence-corrected chi connectivity index (χ0v) is 10.9. The molecule has 1 aromatic carbocycles. The molecule has 0 aromatic heterocycles. The Balaban J connectivity index is 2.92. The van der Waals surface area contributed by atoms with E-state index < -0.39 is 16.9 Å². The number of nitro groups is 1. The van der Waals surface area contributed by atoms with Gasteiger partial charge in [-0.3, -0.25) is 14.9 Å². The number of anilines is 1. The Morgan fingerprint density at radius 2 is 2.21 bits per heavy atom. The van der Waals surface area contributed by atoms with Gasteiger partial charge >= 0.3 is 0 Å². The second-order valence-corrected chi connectivity index (χ2v) is 4.39. The normalized spacial score (nSPS) is 11.9. The van der Waals surface area contributed by atoms with Crippen LogP contribution >= 0.6 is 0 Å². The molecule has 0 heterocycles. The van der Waals surface area contributed by atoms with Crippen molar-refractivity contribution in [2.75, 3.05) is 19.3 Å². The van der Waals surface area contributed by atoms with Crippen LogP contribution in [0.5, 0.6) is 0 Å². The van der Waals surface area contributed by atoms with Crippen LogP contribution < -0.4 is 5.73 Å². The molecule has 0 saturated carbocycles. The lowest BCUT2D eigenvalue weighted by Gasteiger charge is -2.18. The average Bonchev–Trinajstić information content (AvgIpc) is 2.35. The number of nitrogens with two attached hydrogens (primary N) is 1. The van der Waals surface area contributed by atoms with Crippen LogP contribution in [0.15, 0.2) is 18.2 Å². The van der Waals surface area contributed by atoms with Gasteiger partial charge in [-0.2, -0.15) is 0 Å². The van der Waals surface area contributed by atoms with Gasteiger partial charge in [-0.25, -0.2) is 0 Å². The molecule has 7 heteroatoms. The molecular weight excluding hydrogens is 250 g/mol. The number of carbonyl (C=O) groups is 1. The highest BCUT2D eigenvalue weighted by Crippen LogP contribution is 2.21. The molecule has 3 N–H and O–H groups in total. The van der Waals surface area contributed by atoms with Crippen LogP contribution in [0.3, 0.4) is 0 Å². The van der Waals surface area contributed by atoms with E-state index in [9.17, 15) is 20.0 Å². The van der Waals surface area contributed by atoms with Crippen LogP contribution in [-0.2, 0) is 0 Å². The van der Waals surface area contributed by atoms with Gasteiger partial charge in [-0.05, 0) is 19.4 Å². The molecule has 0 aliphatic rings. The zero-order chi connectivity index (χ0) is 14.6. The monoisotopic (exact) mass is 267 g/mol. The molecule has 1 amide bonds. The van der Waals surface area contributed by atoms with Gasteiger partial charge in [-0.1, -0.05) is 0 Å². The van der Waals surface area contributed by atoms with Crippen molar-refractivity contribution in [1.29, 1.82) is 0 Å². The van der Waals surface area contributed by atoms with Crippen LogP contribution in [0.4, 0.5) is 11.4 Å². The summed E-state index contributed by atoms with van der Waals surface area (Å²) in [5.74, 6) is -0.401. The summed E-state index contributed by atoms with van der Waals surface area (Å²) in [7, 11) is 1.56. The lowest BCUT2D eigenvalue weighted by molar-refractivity contribution is -0.384. The third-order valence-electron chi connectivity index (χ3n) is 2.71. The van der Waals surface area contributed by atoms with Crippen molar-refractivity contribution in [3.8, 4) is 0 Å². The van der Waals surface area contributed by atoms with E-state index in [2.05, 4.69) is 0 Å². The van der Waals surface area contributed by atoms with Crippen molar-refractivity contribution >= 4 is 17.3 Å². The van der Waals surface area contributed by atoms with Crippen molar-refractivity contribution in [3.05, 3.63) is 33.9 Å². The topological polar surface area (TPSA) is 110 Å². The molecule has 0 fully saturated rings. The van der Waals surface area contributed by atoms with Gasteiger partial charge in [0.2, 0.25) is 0 Å². The first-order valence-corrected chi connectivity index (χ1v) is 5.80. The highest BCUT2D eigenvalue weighted by molar-refractivity contribution is 5.99. The maximum absolute atomic E-state index is 12.1. The fraction of sp³-hybridized carbons (Fsp3) is 0.417. The Kier molecular flexibility index (Phi) is 4.82. The SMILES string of the molecule is CC(O)CCN(C)C(=O)c1cc([N+](=O)[O-])ccc1N. The third-order valence-corrected chi connectivity index (χ3v) is 2.71. The molecule has 0 aliphatic carbocycles. The van der Waals surface area contributed by atoms with Crippen molar-refractivity contribution in [2.24, 2.45) is 0 Å². The van der Waals surface area contributed by atoms with Crippen molar-refractivity contribution in [1.82, 2.24) is 4.90 Å². The van der Waals surface area contributed by atoms with Crippen LogP contribution in [0, 0.1) is 10.1 Å². The summed E-state index contributed by atoms with van der Waals surface area (Å²) < 4.78 is 0. The maximum atomic E-state index is 12.1. The van der Waals surface area contributed by atoms with E-state index in [4.69, 9.17) is 5.73 Å². The number of non-ortho nitro benzene ring substituents is 1. The molecule has 19 heavy (non-hydrogen) atoms. The molecule has 0 aliphatic heterocycles. The number of carbonyl (C=O) groups excluding carboxylic acids is 1. The van der Waals surface area contributed by atoms with Gasteiger partial charge in [0.25, 0.3) is 11.6 Å². The quantitative estimate of drug-likeness (QED) is 0.470. The zero-order valence-electron chi connectivity index (χ0n) is 10.9. The molecule has 1 aromatic rings. The Morgan fingerprint density at radius 1 is 1.58 bits per heavy atom. The highest BCUT2D eigenvalue weighted by atomic mass is 16.6. The summed E-state index contributed by atoms with van der Waals surface area (Å²) in [6.07, 6.45) is -0.0884. The number of nitro benzene ring substituents is 1. The number of hydrogen-bond acceptors (Lipinski definition) is 5. The van der Waals surface area contributed by atoms with Crippen LogP contribution in [0.2, 0.25) is 0 Å². The summed E-state index contributed by atoms with van der Waals surface area (Å²) >= 11 is 0. The predicted molar refractivity (Wildman–Crippen MR) is 70.8 cm³/mol. The van der Waals surface area contributed by atoms with Crippen LogP contribution in [0.1, 0.15) is 23.7 Å². The summed E-state index contributed by atoms with van der Waals surface area (Å²) in [6.45, 7) is 1.97. The van der Waals surface area contributed by atoms with E-state index >= 15 is 0 Å². The first-order valence-electron chi connectivity index (χ1n) is 5.80. The molecule has 0 saturated heterocycles. The second-order valence-electron chi connectivity index (χ2n) is 4.39. The van der Waals surface area contributed by atoms with Gasteiger partial charge in [-0.15, -0.1) is 0 Å². The molecule has 7 nitrogen and oxygen atoms in total. The van der Waals surface area contributed by atoms with Crippen LogP contribution in [0.25, 0.3) is 0 Å². The number of aliphatic hydroxyl groups excluding tert-OH is 1. The van der Waals surface area contributed by atoms with E-state index in [-0.39, 0.29) is 16.9 Å². The van der Waals surface area contributed by atoms with Crippen LogP contribution in [-0.4, -0.2) is 40.5 Å². The number of nitrogens with zero attached hydrogens (tertiary/aromatic N) is 2. The first kappa shape index (κ1) is 14.9. The van der Waals surface area contributed by atoms with Crippen molar-refractivity contribution < 1.29 is 14.8 Å². The van der Waals surface area contributed by atoms with Gasteiger partial charge in [0.1, 0.15) is 0 Å². The number of hydrogen-bond donors (Lipinski definition) is 2. The average molecular weight is 267 g/mol. The summed E-state index contributed by atoms with van der Waals surface area (Å²) in [4.78, 5) is 23.6. The number of amides is 1. The number of rotatable bonds is 5. The number of benzene rings is 1. The predicted octanol–water partition coefficient (Wildman–Crippen LogP) is 1.02. The van der Waals surface area contributed by atoms with Gasteiger partial charge in [0.05, 0.1) is 16.6 Å². The molecular formula is C12H17N3O4. The van der Waals surface area contributed by atoms with E-state index in [1.165, 1.54) is 17.0 Å². The second kappa shape index (κ2) is 6.14. The molecule has 1 rings (SSSR count). The smallest absolute Gasteiger partial charge is 0.270 e. The fourth-order valence-corrected chi connectivity index (χ4v) is 1.53. The van der Waals surface area contributed by atoms with Crippen molar-refractivity contribution in [3.63, 3.8) is 0 Å². The molecule has 104 valence electrons. The molecule has 1 unspecified atom stereocenters. The summed E-state index contributed by atoms with van der Waals surface area (Å²) in [5.41, 5.74) is 5.78. The number of nitrogen functional groups attached to an aromatic ring is 1. The summed E-state index contributed by atoms with van der Waals surface area (Å²) in [6, 6.07) is 3.76. The summed E-state index contributed by atoms with van der Waals surface area (Å²) in [5, 5.41) is 19.9. The van der Waals surface area contributed by atoms with E-state index in [1.807, 2.05) is 0 Å². The Labute approximate surface area is 110 Å². The number of aliphatic hydroxyl groups is 1. The Bertz CT molecular complexity index is 488. The standard InChI is InChI=1S/C12H17N3O4/c1-8(16)5-6-14(2)12(17)10-7-9(15(18)19)3-4-11(10)13/h3-4,7-8,16H,5-6,13H2,1-2H3. The van der Waals surface area contributed by atoms with Crippen molar-refractivity contribution in [2.45, 2.75) is 19.4 Å². The maximum Gasteiger partial charge on any atom is 0.270 e. The molecule has 0 bridgehead atoms. The molecule has 1 atom stereocenters. The van der Waals surface area contributed by atoms with E-state index in [1.54, 1.807) is 14.0 Å². The minimum atomic E-state index is -0.577.